The summed E-state index contributed by atoms with van der Waals surface area (Å²) >= 11 is 0. The molecular weight excluding hydrogens is 590 g/mol. The van der Waals surface area contributed by atoms with Gasteiger partial charge < -0.3 is 21.1 Å². The Labute approximate surface area is 257 Å². The third-order valence-corrected chi connectivity index (χ3v) is 8.89. The molecule has 0 radical (unpaired) electrons. The molecule has 3 aromatic rings. The van der Waals surface area contributed by atoms with Crippen LogP contribution >= 0.6 is 0 Å². The maximum absolute atomic E-state index is 14.1. The number of rotatable bonds is 16. The second kappa shape index (κ2) is 16.4. The molecule has 1 aromatic heterocycles. The van der Waals surface area contributed by atoms with Crippen molar-refractivity contribution in [3.8, 4) is 0 Å². The highest BCUT2D eigenvalue weighted by Crippen LogP contribution is 2.16. The minimum atomic E-state index is -3.76. The lowest BCUT2D eigenvalue weighted by atomic mass is 10.0. The number of hydrogen-bond donors (Lipinski definition) is 3. The van der Waals surface area contributed by atoms with Crippen LogP contribution in [0.4, 0.5) is 8.78 Å². The van der Waals surface area contributed by atoms with E-state index in [4.69, 9.17) is 5.73 Å². The molecule has 0 unspecified atom stereocenters. The van der Waals surface area contributed by atoms with Crippen LogP contribution < -0.4 is 11.1 Å². The minimum absolute atomic E-state index is 0.0146. The quantitative estimate of drug-likeness (QED) is 0.221. The van der Waals surface area contributed by atoms with Gasteiger partial charge in [-0.1, -0.05) is 44.5 Å². The van der Waals surface area contributed by atoms with Crippen molar-refractivity contribution in [2.45, 2.75) is 64.3 Å². The van der Waals surface area contributed by atoms with Crippen LogP contribution in [0.2, 0.25) is 0 Å². The normalized spacial score (nSPS) is 13.6. The molecule has 0 aliphatic carbocycles. The Hall–Kier alpha value is -3.74. The number of carbonyl (C=O) groups is 2. The highest BCUT2D eigenvalue weighted by molar-refractivity contribution is 7.91. The first-order chi connectivity index (χ1) is 20.9. The maximum Gasteiger partial charge on any atom is 0.253 e. The number of nitrogens with one attached hydrogen (secondary N) is 1. The monoisotopic (exact) mass is 630 g/mol. The van der Waals surface area contributed by atoms with Crippen LogP contribution in [0.15, 0.2) is 67.0 Å². The molecule has 3 atom stereocenters. The standard InChI is InChI=1S/C32H40F2N4O5S/c1-3-5-12-44(42,43)21-29(37-31(40)25-10-7-11-36-18-25)32(41)38(19-23-9-6-8-22(4-2)13-23)20-30(39)28(35)16-24-14-26(33)17-27(34)15-24/h6-11,13-15,17-18,28-30,39H,3-5,12,16,19-21,35H2,1-2H3,(H,37,40)/t28-,29+,30+/m0/s1. The Morgan fingerprint density at radius 2 is 1.73 bits per heavy atom. The van der Waals surface area contributed by atoms with Crippen LogP contribution in [0, 0.1) is 11.6 Å². The number of benzene rings is 2. The summed E-state index contributed by atoms with van der Waals surface area (Å²) in [4.78, 5) is 32.3. The SMILES string of the molecule is CCCCS(=O)(=O)C[C@@H](NC(=O)c1cccnc1)C(=O)N(Cc1cccc(CC)c1)C[C@@H](O)[C@@H](N)Cc1cc(F)cc(F)c1. The number of amides is 2. The zero-order chi connectivity index (χ0) is 32.3. The highest BCUT2D eigenvalue weighted by atomic mass is 32.2. The van der Waals surface area contributed by atoms with Gasteiger partial charge in [0.2, 0.25) is 5.91 Å². The van der Waals surface area contributed by atoms with Crippen molar-refractivity contribution in [2.75, 3.05) is 18.1 Å². The lowest BCUT2D eigenvalue weighted by Gasteiger charge is -2.31. The fraction of sp³-hybridized carbons (Fsp3) is 0.406. The van der Waals surface area contributed by atoms with Gasteiger partial charge in [0.05, 0.1) is 23.2 Å². The molecule has 3 rings (SSSR count). The first-order valence-electron chi connectivity index (χ1n) is 14.6. The van der Waals surface area contributed by atoms with Crippen molar-refractivity contribution in [1.29, 1.82) is 0 Å². The number of unbranched alkanes of at least 4 members (excludes halogenated alkanes) is 1. The van der Waals surface area contributed by atoms with E-state index in [-0.39, 0.29) is 36.4 Å². The third kappa shape index (κ3) is 10.8. The summed E-state index contributed by atoms with van der Waals surface area (Å²) in [5.41, 5.74) is 8.31. The van der Waals surface area contributed by atoms with Gasteiger partial charge in [0, 0.05) is 37.6 Å². The number of aliphatic hydroxyl groups is 1. The topological polar surface area (TPSA) is 143 Å². The average molecular weight is 631 g/mol. The van der Waals surface area contributed by atoms with E-state index >= 15 is 0 Å². The molecule has 9 nitrogen and oxygen atoms in total. The predicted octanol–water partition coefficient (Wildman–Crippen LogP) is 3.20. The summed E-state index contributed by atoms with van der Waals surface area (Å²) in [7, 11) is -3.76. The molecular formula is C32H40F2N4O5S. The Kier molecular flexibility index (Phi) is 12.9. The smallest absolute Gasteiger partial charge is 0.253 e. The molecule has 238 valence electrons. The summed E-state index contributed by atoms with van der Waals surface area (Å²) in [5, 5.41) is 13.6. The van der Waals surface area contributed by atoms with Crippen LogP contribution in [0.5, 0.6) is 0 Å². The van der Waals surface area contributed by atoms with Crippen molar-refractivity contribution < 1.29 is 31.9 Å². The van der Waals surface area contributed by atoms with E-state index < -0.39 is 57.2 Å². The molecule has 0 bridgehead atoms. The molecule has 2 amide bonds. The van der Waals surface area contributed by atoms with Gasteiger partial charge in [-0.3, -0.25) is 14.6 Å². The highest BCUT2D eigenvalue weighted by Gasteiger charge is 2.33. The summed E-state index contributed by atoms with van der Waals surface area (Å²) in [5.74, 6) is -3.79. The van der Waals surface area contributed by atoms with Crippen LogP contribution in [-0.2, 0) is 34.0 Å². The number of aliphatic hydroxyl groups excluding tert-OH is 1. The van der Waals surface area contributed by atoms with Gasteiger partial charge in [-0.05, 0) is 60.2 Å². The number of nitrogens with two attached hydrogens (primary N) is 1. The second-order valence-electron chi connectivity index (χ2n) is 10.8. The fourth-order valence-corrected chi connectivity index (χ4v) is 6.36. The van der Waals surface area contributed by atoms with Crippen LogP contribution in [0.3, 0.4) is 0 Å². The van der Waals surface area contributed by atoms with Gasteiger partial charge >= 0.3 is 0 Å². The lowest BCUT2D eigenvalue weighted by molar-refractivity contribution is -0.135. The van der Waals surface area contributed by atoms with E-state index in [0.29, 0.717) is 12.8 Å². The summed E-state index contributed by atoms with van der Waals surface area (Å²) in [6, 6.07) is 10.9. The average Bonchev–Trinajstić information content (AvgIpc) is 2.98. The van der Waals surface area contributed by atoms with Gasteiger partial charge in [0.1, 0.15) is 17.7 Å². The fourth-order valence-electron chi connectivity index (χ4n) is 4.73. The van der Waals surface area contributed by atoms with Crippen molar-refractivity contribution in [3.05, 3.63) is 101 Å². The first-order valence-corrected chi connectivity index (χ1v) is 16.4. The summed E-state index contributed by atoms with van der Waals surface area (Å²) in [6.07, 6.45) is 3.08. The zero-order valence-electron chi connectivity index (χ0n) is 25.0. The molecule has 0 spiro atoms. The van der Waals surface area contributed by atoms with E-state index in [1.165, 1.54) is 23.4 Å². The number of aryl methyl sites for hydroxylation is 1. The number of sulfone groups is 1. The Balaban J connectivity index is 1.93. The first kappa shape index (κ1) is 34.7. The summed E-state index contributed by atoms with van der Waals surface area (Å²) in [6.45, 7) is 3.48. The molecule has 0 fully saturated rings. The molecule has 0 aliphatic heterocycles. The van der Waals surface area contributed by atoms with Gasteiger partial charge in [0.15, 0.2) is 9.84 Å². The number of hydrogen-bond acceptors (Lipinski definition) is 7. The molecule has 0 aliphatic rings. The van der Waals surface area contributed by atoms with E-state index in [1.54, 1.807) is 12.1 Å². The number of halogens is 2. The van der Waals surface area contributed by atoms with Gasteiger partial charge in [-0.2, -0.15) is 0 Å². The largest absolute Gasteiger partial charge is 0.390 e. The van der Waals surface area contributed by atoms with E-state index in [0.717, 1.165) is 35.7 Å². The van der Waals surface area contributed by atoms with Crippen molar-refractivity contribution in [1.82, 2.24) is 15.2 Å². The lowest BCUT2D eigenvalue weighted by Crippen LogP contribution is -2.54. The van der Waals surface area contributed by atoms with E-state index in [9.17, 15) is 31.9 Å². The molecule has 0 saturated carbocycles. The van der Waals surface area contributed by atoms with Crippen LogP contribution in [-0.4, -0.2) is 71.5 Å². The number of nitrogens with zero attached hydrogens (tertiary/aromatic N) is 2. The Morgan fingerprint density at radius 3 is 2.36 bits per heavy atom. The Bertz CT molecular complexity index is 1490. The maximum atomic E-state index is 14.1. The molecule has 4 N–H and O–H groups in total. The Morgan fingerprint density at radius 1 is 1.02 bits per heavy atom. The van der Waals surface area contributed by atoms with Gasteiger partial charge in [-0.25, -0.2) is 17.2 Å². The van der Waals surface area contributed by atoms with Gasteiger partial charge in [-0.15, -0.1) is 0 Å². The van der Waals surface area contributed by atoms with Crippen molar-refractivity contribution in [3.63, 3.8) is 0 Å². The summed E-state index contributed by atoms with van der Waals surface area (Å²) < 4.78 is 53.5. The van der Waals surface area contributed by atoms with Crippen molar-refractivity contribution in [2.24, 2.45) is 5.73 Å². The predicted molar refractivity (Wildman–Crippen MR) is 164 cm³/mol. The number of carbonyl (C=O) groups excluding carboxylic acids is 2. The van der Waals surface area contributed by atoms with Crippen LogP contribution in [0.25, 0.3) is 0 Å². The minimum Gasteiger partial charge on any atom is -0.390 e. The third-order valence-electron chi connectivity index (χ3n) is 7.14. The number of pyridine rings is 1. The van der Waals surface area contributed by atoms with Crippen LogP contribution in [0.1, 0.15) is 53.7 Å². The van der Waals surface area contributed by atoms with Crippen molar-refractivity contribution >= 4 is 21.7 Å². The molecule has 0 saturated heterocycles. The number of aromatic nitrogens is 1. The second-order valence-corrected chi connectivity index (χ2v) is 13.1. The molecule has 1 heterocycles. The molecule has 2 aromatic carbocycles. The van der Waals surface area contributed by atoms with E-state index in [2.05, 4.69) is 10.3 Å². The molecule has 12 heteroatoms. The molecule has 44 heavy (non-hydrogen) atoms. The van der Waals surface area contributed by atoms with E-state index in [1.807, 2.05) is 32.0 Å². The van der Waals surface area contributed by atoms with Gasteiger partial charge in [0.25, 0.3) is 5.91 Å². The zero-order valence-corrected chi connectivity index (χ0v) is 25.8.